The van der Waals surface area contributed by atoms with Gasteiger partial charge in [-0.1, -0.05) is 57.9 Å². The number of nitrogens with one attached hydrogen (secondary N) is 1. The molecule has 0 unspecified atom stereocenters. The summed E-state index contributed by atoms with van der Waals surface area (Å²) in [5, 5.41) is 2.01. The molecule has 0 aliphatic rings. The SMILES string of the molecule is COc1cc(-c2[nH]c3c(Cl)c4ccc(Br)cc4cc3c2OS(=O)(=O)[O-])c(OS(=O)(=O)[O-])c2ccccc12.[Na+].[Na+]. The van der Waals surface area contributed by atoms with Crippen LogP contribution in [0.3, 0.4) is 0 Å². The van der Waals surface area contributed by atoms with Crippen LogP contribution in [-0.2, 0) is 20.8 Å². The molecule has 1 N–H and O–H groups in total. The summed E-state index contributed by atoms with van der Waals surface area (Å²) in [6, 6.07) is 14.4. The van der Waals surface area contributed by atoms with Crippen LogP contribution in [0, 0.1) is 0 Å². The average Bonchev–Trinajstić information content (AvgIpc) is 3.15. The molecule has 0 bridgehead atoms. The van der Waals surface area contributed by atoms with Gasteiger partial charge < -0.3 is 27.2 Å². The summed E-state index contributed by atoms with van der Waals surface area (Å²) < 4.78 is 86.1. The Morgan fingerprint density at radius 2 is 1.44 bits per heavy atom. The van der Waals surface area contributed by atoms with Crippen molar-refractivity contribution >= 4 is 80.8 Å². The Labute approximate surface area is 280 Å². The summed E-state index contributed by atoms with van der Waals surface area (Å²) in [5.41, 5.74) is -0.132. The third-order valence-corrected chi connectivity index (χ3v) is 7.21. The van der Waals surface area contributed by atoms with Gasteiger partial charge in [-0.05, 0) is 29.7 Å². The van der Waals surface area contributed by atoms with Gasteiger partial charge >= 0.3 is 59.1 Å². The largest absolute Gasteiger partial charge is 1.00 e. The van der Waals surface area contributed by atoms with Crippen molar-refractivity contribution in [2.45, 2.75) is 0 Å². The van der Waals surface area contributed by atoms with Gasteiger partial charge in [0.05, 0.1) is 28.9 Å². The first kappa shape index (κ1) is 32.4. The van der Waals surface area contributed by atoms with Gasteiger partial charge in [-0.3, -0.25) is 0 Å². The molecule has 0 radical (unpaired) electrons. The summed E-state index contributed by atoms with van der Waals surface area (Å²) in [6.07, 6.45) is 0. The zero-order valence-electron chi connectivity index (χ0n) is 20.4. The van der Waals surface area contributed by atoms with Gasteiger partial charge in [0.25, 0.3) is 20.8 Å². The number of fused-ring (bicyclic) bond motifs is 3. The maximum atomic E-state index is 11.7. The van der Waals surface area contributed by atoms with Gasteiger partial charge in [0.1, 0.15) is 5.75 Å². The molecule has 16 heteroatoms. The van der Waals surface area contributed by atoms with Crippen molar-refractivity contribution in [3.63, 3.8) is 0 Å². The zero-order valence-corrected chi connectivity index (χ0v) is 28.4. The summed E-state index contributed by atoms with van der Waals surface area (Å²) >= 11 is 10.0. The van der Waals surface area contributed by atoms with Crippen molar-refractivity contribution in [3.8, 4) is 28.5 Å². The van der Waals surface area contributed by atoms with Gasteiger partial charge in [-0.2, -0.15) is 0 Å². The molecule has 0 saturated heterocycles. The van der Waals surface area contributed by atoms with Crippen LogP contribution in [0.15, 0.2) is 59.1 Å². The summed E-state index contributed by atoms with van der Waals surface area (Å²) in [6.45, 7) is 0. The molecule has 10 nitrogen and oxygen atoms in total. The van der Waals surface area contributed by atoms with E-state index in [0.29, 0.717) is 20.6 Å². The molecule has 5 aromatic rings. The minimum atomic E-state index is -5.32. The van der Waals surface area contributed by atoms with Crippen LogP contribution in [0.2, 0.25) is 5.02 Å². The van der Waals surface area contributed by atoms with Gasteiger partial charge in [0.2, 0.25) is 0 Å². The van der Waals surface area contributed by atoms with Crippen molar-refractivity contribution in [2.24, 2.45) is 0 Å². The Morgan fingerprint density at radius 3 is 2.05 bits per heavy atom. The zero-order chi connectivity index (χ0) is 26.7. The Bertz CT molecular complexity index is 1970. The average molecular weight is 673 g/mol. The maximum absolute atomic E-state index is 11.7. The molecular weight excluding hydrogens is 660 g/mol. The molecule has 4 aromatic carbocycles. The van der Waals surface area contributed by atoms with Crippen LogP contribution in [0.4, 0.5) is 0 Å². The van der Waals surface area contributed by atoms with Crippen LogP contribution in [0.1, 0.15) is 0 Å². The van der Waals surface area contributed by atoms with E-state index in [1.54, 1.807) is 42.5 Å². The molecular formula is C23H13BrClNNa2O9S2. The molecule has 0 spiro atoms. The third-order valence-electron chi connectivity index (χ3n) is 5.58. The topological polar surface area (TPSA) is 158 Å². The van der Waals surface area contributed by atoms with E-state index in [-0.39, 0.29) is 97.4 Å². The summed E-state index contributed by atoms with van der Waals surface area (Å²) in [7, 11) is -9.26. The number of H-pyrrole nitrogens is 1. The number of benzene rings is 4. The monoisotopic (exact) mass is 671 g/mol. The molecule has 0 aliphatic heterocycles. The molecule has 0 saturated carbocycles. The second kappa shape index (κ2) is 12.0. The quantitative estimate of drug-likeness (QED) is 0.139. The van der Waals surface area contributed by atoms with Crippen molar-refractivity contribution in [1.82, 2.24) is 4.98 Å². The number of methoxy groups -OCH3 is 1. The van der Waals surface area contributed by atoms with Crippen LogP contribution in [-0.4, -0.2) is 38.0 Å². The summed E-state index contributed by atoms with van der Waals surface area (Å²) in [5.74, 6) is -0.676. The van der Waals surface area contributed by atoms with Crippen LogP contribution in [0.25, 0.3) is 43.7 Å². The molecule has 39 heavy (non-hydrogen) atoms. The van der Waals surface area contributed by atoms with Gasteiger partial charge in [-0.25, -0.2) is 16.8 Å². The Balaban J connectivity index is 0.00000210. The minimum Gasteiger partial charge on any atom is -0.716 e. The Hall–Kier alpha value is -1.07. The maximum Gasteiger partial charge on any atom is 1.00 e. The van der Waals surface area contributed by atoms with E-state index in [4.69, 9.17) is 24.7 Å². The number of halogens is 2. The van der Waals surface area contributed by atoms with E-state index in [9.17, 15) is 25.9 Å². The van der Waals surface area contributed by atoms with Crippen LogP contribution in [0.5, 0.6) is 17.2 Å². The number of hydrogen-bond donors (Lipinski definition) is 1. The summed E-state index contributed by atoms with van der Waals surface area (Å²) in [4.78, 5) is 2.92. The Morgan fingerprint density at radius 1 is 0.821 bits per heavy atom. The van der Waals surface area contributed by atoms with E-state index in [0.717, 1.165) is 0 Å². The molecule has 5 rings (SSSR count). The number of aromatic amines is 1. The van der Waals surface area contributed by atoms with Crippen molar-refractivity contribution in [2.75, 3.05) is 7.11 Å². The number of hydrogen-bond acceptors (Lipinski definition) is 9. The second-order valence-electron chi connectivity index (χ2n) is 7.79. The fourth-order valence-electron chi connectivity index (χ4n) is 4.19. The van der Waals surface area contributed by atoms with E-state index >= 15 is 0 Å². The Kier molecular flexibility index (Phi) is 10.0. The van der Waals surface area contributed by atoms with E-state index in [1.165, 1.54) is 19.2 Å². The molecule has 0 atom stereocenters. The molecule has 0 aliphatic carbocycles. The molecule has 1 aromatic heterocycles. The van der Waals surface area contributed by atoms with E-state index in [1.807, 2.05) is 0 Å². The van der Waals surface area contributed by atoms with Gasteiger partial charge in [0, 0.05) is 26.0 Å². The first-order valence-corrected chi connectivity index (χ1v) is 14.0. The van der Waals surface area contributed by atoms with E-state index in [2.05, 4.69) is 20.9 Å². The predicted molar refractivity (Wildman–Crippen MR) is 139 cm³/mol. The second-order valence-corrected chi connectivity index (χ2v) is 11.1. The van der Waals surface area contributed by atoms with Crippen molar-refractivity contribution < 1.29 is 98.2 Å². The van der Waals surface area contributed by atoms with Gasteiger partial charge in [0.15, 0.2) is 11.5 Å². The first-order chi connectivity index (χ1) is 17.4. The molecule has 0 fully saturated rings. The molecule has 1 heterocycles. The number of ether oxygens (including phenoxy) is 1. The smallest absolute Gasteiger partial charge is 0.716 e. The standard InChI is InChI=1S/C23H15BrClNO9S2.2Na/c1-33-18-10-17(22(34-36(27,28)29)15-5-3-2-4-14(15)18)21-23(35-37(30,31)32)16-9-11-8-12(24)6-7-13(11)19(25)20(16)26-21;;/h2-10,26H,1H3,(H,27,28,29)(H,30,31,32);;/q;2*+1/p-2. The third kappa shape index (κ3) is 6.55. The normalized spacial score (nSPS) is 11.7. The fraction of sp³-hybridized carbons (Fsp3) is 0.0435. The van der Waals surface area contributed by atoms with Crippen LogP contribution >= 0.6 is 27.5 Å². The predicted octanol–water partition coefficient (Wildman–Crippen LogP) is -0.748. The van der Waals surface area contributed by atoms with Crippen molar-refractivity contribution in [1.29, 1.82) is 0 Å². The minimum absolute atomic E-state index is 0. The first-order valence-electron chi connectivity index (χ1n) is 10.2. The number of aromatic nitrogens is 1. The number of rotatable bonds is 6. The molecule has 0 amide bonds. The van der Waals surface area contributed by atoms with Gasteiger partial charge in [-0.15, -0.1) is 0 Å². The van der Waals surface area contributed by atoms with E-state index < -0.39 is 32.3 Å². The fourth-order valence-corrected chi connectivity index (χ4v) is 5.65. The molecule has 192 valence electrons. The van der Waals surface area contributed by atoms with Crippen LogP contribution < -0.4 is 72.2 Å². The van der Waals surface area contributed by atoms with Crippen molar-refractivity contribution in [3.05, 3.63) is 64.1 Å².